The third-order valence-corrected chi connectivity index (χ3v) is 5.11. The lowest BCUT2D eigenvalue weighted by Crippen LogP contribution is -2.20. The Kier molecular flexibility index (Phi) is 6.54. The molecule has 7 nitrogen and oxygen atoms in total. The van der Waals surface area contributed by atoms with Crippen molar-refractivity contribution < 1.29 is 36.2 Å². The number of ether oxygens (including phenoxy) is 2. The minimum Gasteiger partial charge on any atom is -0.465 e. The molecule has 1 aliphatic heterocycles. The Balaban J connectivity index is 1.65. The summed E-state index contributed by atoms with van der Waals surface area (Å²) in [6.07, 6.45) is -3.26. The van der Waals surface area contributed by atoms with Crippen LogP contribution in [0.1, 0.15) is 52.8 Å². The van der Waals surface area contributed by atoms with Gasteiger partial charge in [0.2, 0.25) is 5.65 Å². The Bertz CT molecular complexity index is 1140. The molecule has 0 aromatic carbocycles. The standard InChI is InChI=1S/C21H19F5N4O3/c22-18(23)15-3-1-2-14(28-15)17(31)8-13-9-30-10-16(12-4-6-32-7-5-12)29-19(30)20(27-13)33-11-21(24,25)26/h1-3,9-10,12,18H,4-8,11H2. The molecule has 0 radical (unpaired) electrons. The van der Waals surface area contributed by atoms with Crippen molar-refractivity contribution in [2.75, 3.05) is 19.8 Å². The van der Waals surface area contributed by atoms with E-state index in [2.05, 4.69) is 15.0 Å². The normalized spacial score (nSPS) is 15.3. The molecule has 0 saturated carbocycles. The largest absolute Gasteiger partial charge is 0.465 e. The summed E-state index contributed by atoms with van der Waals surface area (Å²) < 4.78 is 75.7. The summed E-state index contributed by atoms with van der Waals surface area (Å²) in [6, 6.07) is 3.67. The van der Waals surface area contributed by atoms with Gasteiger partial charge in [-0.15, -0.1) is 0 Å². The lowest BCUT2D eigenvalue weighted by atomic mass is 9.97. The van der Waals surface area contributed by atoms with E-state index in [4.69, 9.17) is 9.47 Å². The molecule has 3 aromatic rings. The van der Waals surface area contributed by atoms with E-state index in [1.807, 2.05) is 0 Å². The number of hydrogen-bond donors (Lipinski definition) is 0. The number of imidazole rings is 1. The predicted molar refractivity (Wildman–Crippen MR) is 105 cm³/mol. The van der Waals surface area contributed by atoms with Crippen LogP contribution in [0.5, 0.6) is 5.88 Å². The minimum absolute atomic E-state index is 0.0699. The molecular weight excluding hydrogens is 451 g/mol. The quantitative estimate of drug-likeness (QED) is 0.378. The van der Waals surface area contributed by atoms with Crippen molar-refractivity contribution in [3.8, 4) is 5.88 Å². The van der Waals surface area contributed by atoms with Crippen molar-refractivity contribution in [3.63, 3.8) is 0 Å². The first-order chi connectivity index (χ1) is 15.7. The number of fused-ring (bicyclic) bond motifs is 1. The maximum Gasteiger partial charge on any atom is 0.422 e. The molecule has 1 fully saturated rings. The zero-order chi connectivity index (χ0) is 23.6. The fourth-order valence-corrected chi connectivity index (χ4v) is 3.54. The van der Waals surface area contributed by atoms with E-state index in [0.717, 1.165) is 6.07 Å². The number of pyridine rings is 1. The molecule has 0 bridgehead atoms. The van der Waals surface area contributed by atoms with Crippen molar-refractivity contribution >= 4 is 11.4 Å². The lowest BCUT2D eigenvalue weighted by molar-refractivity contribution is -0.153. The van der Waals surface area contributed by atoms with Gasteiger partial charge in [-0.1, -0.05) is 6.07 Å². The van der Waals surface area contributed by atoms with Crippen LogP contribution in [0.3, 0.4) is 0 Å². The number of halogens is 5. The molecule has 1 aliphatic rings. The molecule has 0 N–H and O–H groups in total. The highest BCUT2D eigenvalue weighted by atomic mass is 19.4. The SMILES string of the molecule is O=C(Cc1cn2cc(C3CCOCC3)nc2c(OCC(F)(F)F)n1)c1cccc(C(F)F)n1. The predicted octanol–water partition coefficient (Wildman–Crippen LogP) is 4.32. The molecule has 0 amide bonds. The zero-order valence-corrected chi connectivity index (χ0v) is 17.2. The van der Waals surface area contributed by atoms with E-state index in [0.29, 0.717) is 31.7 Å². The molecule has 0 spiro atoms. The van der Waals surface area contributed by atoms with Crippen LogP contribution in [0.15, 0.2) is 30.6 Å². The average molecular weight is 470 g/mol. The van der Waals surface area contributed by atoms with Crippen molar-refractivity contribution in [2.45, 2.75) is 37.8 Å². The molecule has 4 rings (SSSR count). The second-order valence-corrected chi connectivity index (χ2v) is 7.57. The Morgan fingerprint density at radius 2 is 1.91 bits per heavy atom. The van der Waals surface area contributed by atoms with Gasteiger partial charge in [-0.3, -0.25) is 4.79 Å². The average Bonchev–Trinajstić information content (AvgIpc) is 3.22. The summed E-state index contributed by atoms with van der Waals surface area (Å²) >= 11 is 0. The van der Waals surface area contributed by atoms with Gasteiger partial charge in [0.15, 0.2) is 12.4 Å². The molecule has 1 saturated heterocycles. The Morgan fingerprint density at radius 3 is 2.61 bits per heavy atom. The van der Waals surface area contributed by atoms with E-state index in [1.54, 1.807) is 6.20 Å². The van der Waals surface area contributed by atoms with Gasteiger partial charge in [0.05, 0.1) is 17.8 Å². The summed E-state index contributed by atoms with van der Waals surface area (Å²) in [5, 5.41) is 0. The van der Waals surface area contributed by atoms with Gasteiger partial charge in [0, 0.05) is 31.5 Å². The third kappa shape index (κ3) is 5.62. The zero-order valence-electron chi connectivity index (χ0n) is 17.2. The van der Waals surface area contributed by atoms with E-state index < -0.39 is 30.7 Å². The topological polar surface area (TPSA) is 78.6 Å². The molecule has 0 atom stereocenters. The van der Waals surface area contributed by atoms with Gasteiger partial charge in [-0.05, 0) is 25.0 Å². The van der Waals surface area contributed by atoms with Gasteiger partial charge in [-0.25, -0.2) is 23.7 Å². The van der Waals surface area contributed by atoms with E-state index >= 15 is 0 Å². The Labute approximate surface area is 184 Å². The fraction of sp³-hybridized carbons (Fsp3) is 0.429. The summed E-state index contributed by atoms with van der Waals surface area (Å²) in [5.41, 5.74) is 0.0986. The van der Waals surface area contributed by atoms with Crippen LogP contribution >= 0.6 is 0 Å². The van der Waals surface area contributed by atoms with E-state index in [9.17, 15) is 26.7 Å². The number of aromatic nitrogens is 4. The minimum atomic E-state index is -4.60. The van der Waals surface area contributed by atoms with Crippen molar-refractivity contribution in [2.24, 2.45) is 0 Å². The molecule has 0 unspecified atom stereocenters. The monoisotopic (exact) mass is 470 g/mol. The van der Waals surface area contributed by atoms with Gasteiger partial charge >= 0.3 is 6.18 Å². The molecule has 0 aliphatic carbocycles. The van der Waals surface area contributed by atoms with Crippen LogP contribution in [0, 0.1) is 0 Å². The van der Waals surface area contributed by atoms with Crippen LogP contribution < -0.4 is 4.74 Å². The summed E-state index contributed by atoms with van der Waals surface area (Å²) in [5.74, 6) is -0.915. The smallest absolute Gasteiger partial charge is 0.422 e. The maximum atomic E-state index is 12.9. The van der Waals surface area contributed by atoms with E-state index in [1.165, 1.54) is 22.7 Å². The van der Waals surface area contributed by atoms with Crippen LogP contribution in [-0.4, -0.2) is 51.1 Å². The lowest BCUT2D eigenvalue weighted by Gasteiger charge is -2.19. The van der Waals surface area contributed by atoms with Crippen molar-refractivity contribution in [1.29, 1.82) is 0 Å². The number of Topliss-reactive ketones (excluding diaryl/α,β-unsaturated/α-hetero) is 1. The molecule has 4 heterocycles. The summed E-state index contributed by atoms with van der Waals surface area (Å²) in [7, 11) is 0. The van der Waals surface area contributed by atoms with Gasteiger partial charge in [0.25, 0.3) is 12.3 Å². The summed E-state index contributed by atoms with van der Waals surface area (Å²) in [4.78, 5) is 24.7. The first-order valence-electron chi connectivity index (χ1n) is 10.1. The van der Waals surface area contributed by atoms with E-state index in [-0.39, 0.29) is 35.3 Å². The van der Waals surface area contributed by atoms with Crippen LogP contribution in [0.4, 0.5) is 22.0 Å². The number of ketones is 1. The first kappa shape index (κ1) is 23.0. The Morgan fingerprint density at radius 1 is 1.15 bits per heavy atom. The van der Waals surface area contributed by atoms with Crippen LogP contribution in [0.25, 0.3) is 5.65 Å². The molecular formula is C21H19F5N4O3. The molecule has 33 heavy (non-hydrogen) atoms. The maximum absolute atomic E-state index is 12.9. The number of nitrogens with zero attached hydrogens (tertiary/aromatic N) is 4. The highest BCUT2D eigenvalue weighted by molar-refractivity contribution is 5.95. The third-order valence-electron chi connectivity index (χ3n) is 5.11. The fourth-order valence-electron chi connectivity index (χ4n) is 3.54. The first-order valence-corrected chi connectivity index (χ1v) is 10.1. The second kappa shape index (κ2) is 9.38. The van der Waals surface area contributed by atoms with Crippen LogP contribution in [0.2, 0.25) is 0 Å². The van der Waals surface area contributed by atoms with Gasteiger partial charge in [-0.2, -0.15) is 13.2 Å². The molecule has 12 heteroatoms. The van der Waals surface area contributed by atoms with Gasteiger partial charge < -0.3 is 13.9 Å². The van der Waals surface area contributed by atoms with Crippen molar-refractivity contribution in [1.82, 2.24) is 19.4 Å². The van der Waals surface area contributed by atoms with Crippen LogP contribution in [-0.2, 0) is 11.2 Å². The number of rotatable bonds is 7. The Hall–Kier alpha value is -3.15. The molecule has 176 valence electrons. The number of carbonyl (C=O) groups excluding carboxylic acids is 1. The summed E-state index contributed by atoms with van der Waals surface area (Å²) in [6.45, 7) is -0.470. The highest BCUT2D eigenvalue weighted by Gasteiger charge is 2.30. The number of carbonyl (C=O) groups is 1. The highest BCUT2D eigenvalue weighted by Crippen LogP contribution is 2.29. The molecule has 3 aromatic heterocycles. The van der Waals surface area contributed by atoms with Crippen molar-refractivity contribution in [3.05, 3.63) is 53.4 Å². The number of hydrogen-bond acceptors (Lipinski definition) is 6. The second-order valence-electron chi connectivity index (χ2n) is 7.57. The number of alkyl halides is 5. The van der Waals surface area contributed by atoms with Gasteiger partial charge in [0.1, 0.15) is 11.4 Å².